The molecule has 1 heterocycles. The summed E-state index contributed by atoms with van der Waals surface area (Å²) < 4.78 is 0. The number of carbonyl (C=O) groups excluding carboxylic acids is 2. The molecule has 0 spiro atoms. The van der Waals surface area contributed by atoms with E-state index in [0.29, 0.717) is 13.0 Å². The summed E-state index contributed by atoms with van der Waals surface area (Å²) in [7, 11) is 0. The second kappa shape index (κ2) is 5.49. The van der Waals surface area contributed by atoms with Crippen molar-refractivity contribution in [3.8, 4) is 6.07 Å². The van der Waals surface area contributed by atoms with E-state index in [4.69, 9.17) is 5.26 Å². The predicted molar refractivity (Wildman–Crippen MR) is 67.4 cm³/mol. The number of hydrogen-bond donors (Lipinski definition) is 1. The summed E-state index contributed by atoms with van der Waals surface area (Å²) in [4.78, 5) is 25.0. The molecule has 0 aromatic heterocycles. The van der Waals surface area contributed by atoms with Crippen LogP contribution < -0.4 is 5.32 Å². The molecule has 0 saturated carbocycles. The molecule has 1 aliphatic rings. The fourth-order valence-corrected chi connectivity index (χ4v) is 2.10. The molecule has 0 aromatic rings. The van der Waals surface area contributed by atoms with E-state index in [1.165, 1.54) is 4.90 Å². The zero-order valence-corrected chi connectivity index (χ0v) is 11.5. The summed E-state index contributed by atoms with van der Waals surface area (Å²) in [6.45, 7) is 7.79. The number of nitriles is 1. The predicted octanol–water partition coefficient (Wildman–Crippen LogP) is 1.05. The zero-order valence-electron chi connectivity index (χ0n) is 11.5. The first-order valence-corrected chi connectivity index (χ1v) is 6.28. The van der Waals surface area contributed by atoms with Crippen molar-refractivity contribution in [1.82, 2.24) is 10.2 Å². The minimum Gasteiger partial charge on any atom is -0.300 e. The first kappa shape index (κ1) is 14.7. The Kier molecular flexibility index (Phi) is 4.47. The molecule has 5 heteroatoms. The van der Waals surface area contributed by atoms with Gasteiger partial charge in [-0.3, -0.25) is 19.8 Å². The smallest absolute Gasteiger partial charge is 0.235 e. The fourth-order valence-electron chi connectivity index (χ4n) is 2.10. The van der Waals surface area contributed by atoms with Crippen LogP contribution in [-0.4, -0.2) is 35.3 Å². The van der Waals surface area contributed by atoms with Gasteiger partial charge in [0.15, 0.2) is 0 Å². The molecule has 1 atom stereocenters. The van der Waals surface area contributed by atoms with Gasteiger partial charge in [-0.2, -0.15) is 5.26 Å². The van der Waals surface area contributed by atoms with Gasteiger partial charge in [-0.05, 0) is 20.3 Å². The van der Waals surface area contributed by atoms with Crippen LogP contribution in [0.5, 0.6) is 0 Å². The first-order chi connectivity index (χ1) is 8.27. The summed E-state index contributed by atoms with van der Waals surface area (Å²) in [6.07, 6.45) is 0.739. The molecule has 1 unspecified atom stereocenters. The quantitative estimate of drug-likeness (QED) is 0.741. The molecular weight excluding hydrogens is 230 g/mol. The molecule has 0 radical (unpaired) electrons. The number of rotatable bonds is 5. The van der Waals surface area contributed by atoms with Crippen LogP contribution in [0.25, 0.3) is 0 Å². The number of imide groups is 1. The van der Waals surface area contributed by atoms with Crippen LogP contribution in [0.1, 0.15) is 40.5 Å². The Morgan fingerprint density at radius 2 is 2.06 bits per heavy atom. The number of hydrogen-bond acceptors (Lipinski definition) is 4. The third kappa shape index (κ3) is 3.30. The average molecular weight is 251 g/mol. The Balaban J connectivity index is 2.56. The highest BCUT2D eigenvalue weighted by molar-refractivity contribution is 6.05. The number of amides is 2. The van der Waals surface area contributed by atoms with Crippen molar-refractivity contribution in [3.63, 3.8) is 0 Å². The van der Waals surface area contributed by atoms with E-state index in [1.54, 1.807) is 13.8 Å². The van der Waals surface area contributed by atoms with Gasteiger partial charge in [-0.15, -0.1) is 0 Å². The van der Waals surface area contributed by atoms with Gasteiger partial charge in [0.05, 0.1) is 17.5 Å². The molecule has 1 aliphatic heterocycles. The second-order valence-corrected chi connectivity index (χ2v) is 5.70. The number of nitrogens with one attached hydrogen (secondary N) is 1. The van der Waals surface area contributed by atoms with Crippen LogP contribution in [-0.2, 0) is 9.59 Å². The SMILES string of the molecule is CC(C)NC(C#N)CCN1C(=O)CC(C)(C)C1=O. The Morgan fingerprint density at radius 1 is 1.44 bits per heavy atom. The molecule has 1 saturated heterocycles. The molecular formula is C13H21N3O2. The normalized spacial score (nSPS) is 20.3. The van der Waals surface area contributed by atoms with Crippen molar-refractivity contribution < 1.29 is 9.59 Å². The molecule has 0 aliphatic carbocycles. The van der Waals surface area contributed by atoms with E-state index in [2.05, 4.69) is 11.4 Å². The van der Waals surface area contributed by atoms with Crippen molar-refractivity contribution in [2.24, 2.45) is 5.41 Å². The lowest BCUT2D eigenvalue weighted by Gasteiger charge is -2.20. The van der Waals surface area contributed by atoms with E-state index in [0.717, 1.165) is 0 Å². The van der Waals surface area contributed by atoms with Crippen LogP contribution in [0.15, 0.2) is 0 Å². The van der Waals surface area contributed by atoms with E-state index in [1.807, 2.05) is 13.8 Å². The highest BCUT2D eigenvalue weighted by atomic mass is 16.2. The molecule has 0 aromatic carbocycles. The van der Waals surface area contributed by atoms with E-state index < -0.39 is 5.41 Å². The van der Waals surface area contributed by atoms with Crippen LogP contribution in [0.4, 0.5) is 0 Å². The van der Waals surface area contributed by atoms with Gasteiger partial charge in [-0.25, -0.2) is 0 Å². The fraction of sp³-hybridized carbons (Fsp3) is 0.769. The maximum atomic E-state index is 12.0. The maximum absolute atomic E-state index is 12.0. The van der Waals surface area contributed by atoms with E-state index in [9.17, 15) is 9.59 Å². The highest BCUT2D eigenvalue weighted by Crippen LogP contribution is 2.31. The summed E-state index contributed by atoms with van der Waals surface area (Å²) in [6, 6.07) is 2.03. The van der Waals surface area contributed by atoms with E-state index >= 15 is 0 Å². The van der Waals surface area contributed by atoms with E-state index in [-0.39, 0.29) is 30.3 Å². The van der Waals surface area contributed by atoms with Gasteiger partial charge in [0.2, 0.25) is 11.8 Å². The summed E-state index contributed by atoms with van der Waals surface area (Å²) in [5.74, 6) is -0.264. The zero-order chi connectivity index (χ0) is 13.9. The molecule has 1 rings (SSSR count). The van der Waals surface area contributed by atoms with Crippen LogP contribution in [0.2, 0.25) is 0 Å². The second-order valence-electron chi connectivity index (χ2n) is 5.70. The highest BCUT2D eigenvalue weighted by Gasteiger charge is 2.44. The number of nitrogens with zero attached hydrogens (tertiary/aromatic N) is 2. The van der Waals surface area contributed by atoms with Gasteiger partial charge in [-0.1, -0.05) is 13.8 Å². The minimum atomic E-state index is -0.593. The molecule has 5 nitrogen and oxygen atoms in total. The Morgan fingerprint density at radius 3 is 2.44 bits per heavy atom. The molecule has 1 fully saturated rings. The van der Waals surface area contributed by atoms with Gasteiger partial charge < -0.3 is 0 Å². The van der Waals surface area contributed by atoms with Gasteiger partial charge >= 0.3 is 0 Å². The van der Waals surface area contributed by atoms with Crippen molar-refractivity contribution in [2.45, 2.75) is 52.6 Å². The summed E-state index contributed by atoms with van der Waals surface area (Å²) in [5.41, 5.74) is -0.593. The lowest BCUT2D eigenvalue weighted by molar-refractivity contribution is -0.140. The maximum Gasteiger partial charge on any atom is 0.235 e. The molecule has 1 N–H and O–H groups in total. The summed E-state index contributed by atoms with van der Waals surface area (Å²) in [5, 5.41) is 12.1. The summed E-state index contributed by atoms with van der Waals surface area (Å²) >= 11 is 0. The van der Waals surface area contributed by atoms with Crippen LogP contribution in [0, 0.1) is 16.7 Å². The van der Waals surface area contributed by atoms with Gasteiger partial charge in [0.25, 0.3) is 0 Å². The van der Waals surface area contributed by atoms with Crippen LogP contribution in [0.3, 0.4) is 0 Å². The topological polar surface area (TPSA) is 73.2 Å². The van der Waals surface area contributed by atoms with Crippen molar-refractivity contribution in [3.05, 3.63) is 0 Å². The monoisotopic (exact) mass is 251 g/mol. The standard InChI is InChI=1S/C13H21N3O2/c1-9(2)15-10(8-14)5-6-16-11(17)7-13(3,4)12(16)18/h9-10,15H,5-7H2,1-4H3. The Bertz CT molecular complexity index is 382. The van der Waals surface area contributed by atoms with Crippen molar-refractivity contribution >= 4 is 11.8 Å². The number of carbonyl (C=O) groups is 2. The lowest BCUT2D eigenvalue weighted by atomic mass is 9.92. The first-order valence-electron chi connectivity index (χ1n) is 6.28. The minimum absolute atomic E-state index is 0.131. The number of likely N-dealkylation sites (tertiary alicyclic amines) is 1. The third-order valence-corrected chi connectivity index (χ3v) is 3.05. The molecule has 2 amide bonds. The third-order valence-electron chi connectivity index (χ3n) is 3.05. The van der Waals surface area contributed by atoms with Crippen molar-refractivity contribution in [2.75, 3.05) is 6.54 Å². The lowest BCUT2D eigenvalue weighted by Crippen LogP contribution is -2.39. The van der Waals surface area contributed by atoms with Gasteiger partial charge in [0.1, 0.15) is 0 Å². The van der Waals surface area contributed by atoms with Gasteiger partial charge in [0, 0.05) is 19.0 Å². The molecule has 100 valence electrons. The van der Waals surface area contributed by atoms with Crippen molar-refractivity contribution in [1.29, 1.82) is 5.26 Å². The largest absolute Gasteiger partial charge is 0.300 e. The van der Waals surface area contributed by atoms with Crippen LogP contribution >= 0.6 is 0 Å². The molecule has 18 heavy (non-hydrogen) atoms. The molecule has 0 bridgehead atoms. The Labute approximate surface area is 108 Å². The average Bonchev–Trinajstić information content (AvgIpc) is 2.44. The Hall–Kier alpha value is -1.41.